The Labute approximate surface area is 103 Å². The number of aromatic nitrogens is 2. The first kappa shape index (κ1) is 11.6. The summed E-state index contributed by atoms with van der Waals surface area (Å²) in [6.07, 6.45) is 2.89. The van der Waals surface area contributed by atoms with E-state index in [9.17, 15) is 4.79 Å². The van der Waals surface area contributed by atoms with Crippen LogP contribution < -0.4 is 10.9 Å². The number of rotatable bonds is 3. The molecule has 1 fully saturated rings. The minimum absolute atomic E-state index is 0.0756. The molecule has 0 aliphatic heterocycles. The van der Waals surface area contributed by atoms with Gasteiger partial charge >= 0.3 is 0 Å². The van der Waals surface area contributed by atoms with Gasteiger partial charge in [0, 0.05) is 6.04 Å². The van der Waals surface area contributed by atoms with E-state index in [-0.39, 0.29) is 11.6 Å². The maximum atomic E-state index is 11.9. The van der Waals surface area contributed by atoms with Crippen LogP contribution in [0.4, 0.5) is 5.69 Å². The van der Waals surface area contributed by atoms with Gasteiger partial charge in [-0.15, -0.1) is 0 Å². The van der Waals surface area contributed by atoms with Crippen molar-refractivity contribution in [2.45, 2.75) is 39.3 Å². The topological polar surface area (TPSA) is 46.9 Å². The third-order valence-corrected chi connectivity index (χ3v) is 3.65. The normalized spacial score (nSPS) is 23.6. The Morgan fingerprint density at radius 2 is 2.25 bits per heavy atom. The van der Waals surface area contributed by atoms with Crippen molar-refractivity contribution >= 4 is 21.6 Å². The van der Waals surface area contributed by atoms with Crippen molar-refractivity contribution in [2.24, 2.45) is 5.92 Å². The van der Waals surface area contributed by atoms with Crippen molar-refractivity contribution in [2.75, 3.05) is 5.32 Å². The van der Waals surface area contributed by atoms with Gasteiger partial charge in [-0.25, -0.2) is 4.68 Å². The summed E-state index contributed by atoms with van der Waals surface area (Å²) in [6, 6.07) is 0.574. The van der Waals surface area contributed by atoms with Gasteiger partial charge in [-0.05, 0) is 42.1 Å². The molecule has 0 saturated heterocycles. The summed E-state index contributed by atoms with van der Waals surface area (Å²) >= 11 is 3.34. The van der Waals surface area contributed by atoms with Gasteiger partial charge in [0.2, 0.25) is 0 Å². The van der Waals surface area contributed by atoms with E-state index in [0.29, 0.717) is 16.4 Å². The van der Waals surface area contributed by atoms with Gasteiger partial charge in [0.05, 0.1) is 17.9 Å². The van der Waals surface area contributed by atoms with Gasteiger partial charge in [-0.2, -0.15) is 5.10 Å². The van der Waals surface area contributed by atoms with Gasteiger partial charge in [0.25, 0.3) is 5.56 Å². The zero-order valence-corrected chi connectivity index (χ0v) is 11.3. The second-order valence-corrected chi connectivity index (χ2v) is 5.47. The predicted molar refractivity (Wildman–Crippen MR) is 67.8 cm³/mol. The lowest BCUT2D eigenvalue weighted by Crippen LogP contribution is -2.26. The Bertz CT molecular complexity index is 455. The van der Waals surface area contributed by atoms with Crippen LogP contribution in [0.3, 0.4) is 0 Å². The van der Waals surface area contributed by atoms with Crippen LogP contribution in [0, 0.1) is 5.92 Å². The van der Waals surface area contributed by atoms with Gasteiger partial charge in [-0.1, -0.05) is 6.92 Å². The van der Waals surface area contributed by atoms with Crippen molar-refractivity contribution in [3.05, 3.63) is 21.0 Å². The average molecular weight is 286 g/mol. The van der Waals surface area contributed by atoms with Gasteiger partial charge in [-0.3, -0.25) is 4.79 Å². The van der Waals surface area contributed by atoms with Crippen LogP contribution in [-0.4, -0.2) is 15.8 Å². The lowest BCUT2D eigenvalue weighted by atomic mass is 10.4. The number of hydrogen-bond donors (Lipinski definition) is 1. The fourth-order valence-electron chi connectivity index (χ4n) is 1.64. The van der Waals surface area contributed by atoms with E-state index in [1.165, 1.54) is 11.1 Å². The smallest absolute Gasteiger partial charge is 0.283 e. The first-order valence-electron chi connectivity index (χ1n) is 5.54. The number of halogens is 1. The maximum absolute atomic E-state index is 11.9. The Morgan fingerprint density at radius 1 is 1.62 bits per heavy atom. The standard InChI is InChI=1S/C11H16BrN3O/c1-6(2)15-11(16)10(12)9(5-13-15)14-8-4-7(8)3/h5-8,14H,4H2,1-3H3. The fourth-order valence-corrected chi connectivity index (χ4v) is 2.03. The average Bonchev–Trinajstić information content (AvgIpc) is 2.89. The Balaban J connectivity index is 2.28. The quantitative estimate of drug-likeness (QED) is 0.928. The molecule has 0 bridgehead atoms. The van der Waals surface area contributed by atoms with Crippen molar-refractivity contribution in [3.63, 3.8) is 0 Å². The molecule has 1 aromatic heterocycles. The summed E-state index contributed by atoms with van der Waals surface area (Å²) in [7, 11) is 0. The molecule has 2 atom stereocenters. The van der Waals surface area contributed by atoms with Gasteiger partial charge in [0.1, 0.15) is 4.47 Å². The molecule has 5 heteroatoms. The lowest BCUT2D eigenvalue weighted by molar-refractivity contribution is 0.501. The third kappa shape index (κ3) is 2.14. The molecule has 2 unspecified atom stereocenters. The molecule has 0 spiro atoms. The summed E-state index contributed by atoms with van der Waals surface area (Å²) in [6.45, 7) is 6.07. The van der Waals surface area contributed by atoms with E-state index in [0.717, 1.165) is 5.69 Å². The molecule has 2 rings (SSSR count). The highest BCUT2D eigenvalue weighted by molar-refractivity contribution is 9.10. The molecule has 16 heavy (non-hydrogen) atoms. The van der Waals surface area contributed by atoms with Crippen LogP contribution in [0.1, 0.15) is 33.2 Å². The Kier molecular flexibility index (Phi) is 3.06. The first-order chi connectivity index (χ1) is 7.50. The monoisotopic (exact) mass is 285 g/mol. The van der Waals surface area contributed by atoms with Crippen LogP contribution >= 0.6 is 15.9 Å². The number of hydrogen-bond acceptors (Lipinski definition) is 3. The number of nitrogens with zero attached hydrogens (tertiary/aromatic N) is 2. The zero-order chi connectivity index (χ0) is 11.9. The molecule has 1 heterocycles. The largest absolute Gasteiger partial charge is 0.380 e. The van der Waals surface area contributed by atoms with Crippen molar-refractivity contribution in [1.82, 2.24) is 9.78 Å². The second kappa shape index (κ2) is 4.20. The highest BCUT2D eigenvalue weighted by Crippen LogP contribution is 2.33. The Morgan fingerprint density at radius 3 is 2.75 bits per heavy atom. The van der Waals surface area contributed by atoms with Crippen LogP contribution in [0.2, 0.25) is 0 Å². The summed E-state index contributed by atoms with van der Waals surface area (Å²) in [4.78, 5) is 11.9. The summed E-state index contributed by atoms with van der Waals surface area (Å²) in [5, 5.41) is 7.47. The Hall–Kier alpha value is -0.840. The van der Waals surface area contributed by atoms with Gasteiger partial charge < -0.3 is 5.32 Å². The molecule has 1 aliphatic carbocycles. The molecule has 1 saturated carbocycles. The molecule has 0 radical (unpaired) electrons. The molecule has 0 aromatic carbocycles. The molecular weight excluding hydrogens is 270 g/mol. The van der Waals surface area contributed by atoms with Crippen molar-refractivity contribution in [3.8, 4) is 0 Å². The second-order valence-electron chi connectivity index (χ2n) is 4.68. The summed E-state index contributed by atoms with van der Waals surface area (Å²) in [5.74, 6) is 0.694. The van der Waals surface area contributed by atoms with Crippen molar-refractivity contribution in [1.29, 1.82) is 0 Å². The molecule has 88 valence electrons. The SMILES string of the molecule is CC1CC1Nc1cnn(C(C)C)c(=O)c1Br. The predicted octanol–water partition coefficient (Wildman–Crippen LogP) is 2.41. The van der Waals surface area contributed by atoms with Crippen molar-refractivity contribution < 1.29 is 0 Å². The highest BCUT2D eigenvalue weighted by Gasteiger charge is 2.33. The van der Waals surface area contributed by atoms with E-state index < -0.39 is 0 Å². The van der Waals surface area contributed by atoms with E-state index in [2.05, 4.69) is 33.3 Å². The third-order valence-electron chi connectivity index (χ3n) is 2.88. The fraction of sp³-hybridized carbons (Fsp3) is 0.636. The highest BCUT2D eigenvalue weighted by atomic mass is 79.9. The van der Waals surface area contributed by atoms with E-state index in [1.54, 1.807) is 6.20 Å². The van der Waals surface area contributed by atoms with Crippen LogP contribution in [0.15, 0.2) is 15.5 Å². The molecule has 1 N–H and O–H groups in total. The summed E-state index contributed by atoms with van der Waals surface area (Å²) in [5.41, 5.74) is 0.726. The van der Waals surface area contributed by atoms with E-state index >= 15 is 0 Å². The molecule has 0 amide bonds. The van der Waals surface area contributed by atoms with E-state index in [1.807, 2.05) is 13.8 Å². The molecule has 1 aromatic rings. The molecule has 1 aliphatic rings. The van der Waals surface area contributed by atoms with Crippen LogP contribution in [0.5, 0.6) is 0 Å². The summed E-state index contributed by atoms with van der Waals surface area (Å²) < 4.78 is 2.06. The van der Waals surface area contributed by atoms with Crippen LogP contribution in [0.25, 0.3) is 0 Å². The van der Waals surface area contributed by atoms with Crippen LogP contribution in [-0.2, 0) is 0 Å². The number of nitrogens with one attached hydrogen (secondary N) is 1. The minimum atomic E-state index is -0.0756. The van der Waals surface area contributed by atoms with Gasteiger partial charge in [0.15, 0.2) is 0 Å². The van der Waals surface area contributed by atoms with E-state index in [4.69, 9.17) is 0 Å². The maximum Gasteiger partial charge on any atom is 0.283 e. The number of anilines is 1. The zero-order valence-electron chi connectivity index (χ0n) is 9.70. The first-order valence-corrected chi connectivity index (χ1v) is 6.34. The molecule has 4 nitrogen and oxygen atoms in total. The minimum Gasteiger partial charge on any atom is -0.380 e. The lowest BCUT2D eigenvalue weighted by Gasteiger charge is -2.12. The molecular formula is C11H16BrN3O.